The van der Waals surface area contributed by atoms with E-state index in [1.807, 2.05) is 0 Å². The summed E-state index contributed by atoms with van der Waals surface area (Å²) in [7, 11) is 0. The molecule has 1 aromatic heterocycles. The van der Waals surface area contributed by atoms with Crippen molar-refractivity contribution in [3.8, 4) is 0 Å². The van der Waals surface area contributed by atoms with Gasteiger partial charge in [0.1, 0.15) is 0 Å². The maximum atomic E-state index is 8.51. The SMILES string of the molecule is [CH2]Sc1nnc(SCCO)s1. The Kier molecular flexibility index (Phi) is 4.21. The molecule has 0 amide bonds. The number of hydrogen-bond acceptors (Lipinski definition) is 6. The van der Waals surface area contributed by atoms with Gasteiger partial charge in [-0.25, -0.2) is 0 Å². The fourth-order valence-electron chi connectivity index (χ4n) is 0.447. The Bertz CT molecular complexity index is 215. The van der Waals surface area contributed by atoms with Crippen LogP contribution in [0.4, 0.5) is 0 Å². The average Bonchev–Trinajstić information content (AvgIpc) is 2.48. The van der Waals surface area contributed by atoms with Gasteiger partial charge in [0, 0.05) is 12.0 Å². The van der Waals surface area contributed by atoms with Crippen LogP contribution in [0.3, 0.4) is 0 Å². The zero-order chi connectivity index (χ0) is 8.10. The molecule has 1 aromatic rings. The average molecular weight is 207 g/mol. The standard InChI is InChI=1S/C5H7N2OS3/c1-9-4-6-7-5(11-4)10-3-2-8/h8H,1-3H2. The van der Waals surface area contributed by atoms with Gasteiger partial charge in [-0.3, -0.25) is 0 Å². The first kappa shape index (κ1) is 9.31. The van der Waals surface area contributed by atoms with Crippen molar-refractivity contribution in [1.29, 1.82) is 0 Å². The normalized spacial score (nSPS) is 10.4. The Morgan fingerprint density at radius 2 is 2.18 bits per heavy atom. The van der Waals surface area contributed by atoms with Crippen molar-refractivity contribution in [1.82, 2.24) is 10.2 Å². The van der Waals surface area contributed by atoms with Crippen molar-refractivity contribution in [2.45, 2.75) is 8.68 Å². The summed E-state index contributed by atoms with van der Waals surface area (Å²) in [5.74, 6) is 0.677. The molecule has 6 heteroatoms. The molecule has 1 radical (unpaired) electrons. The summed E-state index contributed by atoms with van der Waals surface area (Å²) in [4.78, 5) is 0. The lowest BCUT2D eigenvalue weighted by Gasteiger charge is -1.88. The Hall–Kier alpha value is 0.220. The molecule has 0 aliphatic rings. The number of hydrogen-bond donors (Lipinski definition) is 1. The lowest BCUT2D eigenvalue weighted by atomic mass is 10.9. The maximum absolute atomic E-state index is 8.51. The lowest BCUT2D eigenvalue weighted by molar-refractivity contribution is 0.322. The molecule has 1 rings (SSSR count). The van der Waals surface area contributed by atoms with Gasteiger partial charge in [-0.05, 0) is 0 Å². The Labute approximate surface area is 77.6 Å². The summed E-state index contributed by atoms with van der Waals surface area (Å²) in [6.45, 7) is 0.178. The molecular formula is C5H7N2OS3. The van der Waals surface area contributed by atoms with Crippen molar-refractivity contribution in [3.63, 3.8) is 0 Å². The van der Waals surface area contributed by atoms with E-state index in [4.69, 9.17) is 5.11 Å². The maximum Gasteiger partial charge on any atom is 0.175 e. The van der Waals surface area contributed by atoms with Crippen LogP contribution in [0.25, 0.3) is 0 Å². The Morgan fingerprint density at radius 3 is 2.73 bits per heavy atom. The smallest absolute Gasteiger partial charge is 0.175 e. The van der Waals surface area contributed by atoms with Gasteiger partial charge < -0.3 is 5.11 Å². The minimum atomic E-state index is 0.178. The van der Waals surface area contributed by atoms with Crippen LogP contribution in [0.1, 0.15) is 0 Å². The molecule has 0 aliphatic heterocycles. The highest BCUT2D eigenvalue weighted by Crippen LogP contribution is 2.27. The molecule has 0 spiro atoms. The number of rotatable bonds is 4. The van der Waals surface area contributed by atoms with Gasteiger partial charge in [-0.15, -0.1) is 10.2 Å². The highest BCUT2D eigenvalue weighted by Gasteiger charge is 2.01. The minimum absolute atomic E-state index is 0.178. The zero-order valence-electron chi connectivity index (χ0n) is 5.69. The Morgan fingerprint density at radius 1 is 1.45 bits per heavy atom. The van der Waals surface area contributed by atoms with Gasteiger partial charge in [0.25, 0.3) is 0 Å². The second kappa shape index (κ2) is 4.97. The monoisotopic (exact) mass is 207 g/mol. The molecule has 0 aromatic carbocycles. The fraction of sp³-hybridized carbons (Fsp3) is 0.400. The van der Waals surface area contributed by atoms with Crippen LogP contribution in [0, 0.1) is 6.26 Å². The molecule has 11 heavy (non-hydrogen) atoms. The molecule has 0 atom stereocenters. The molecule has 1 N–H and O–H groups in total. The molecular weight excluding hydrogens is 200 g/mol. The number of aliphatic hydroxyl groups excluding tert-OH is 1. The van der Waals surface area contributed by atoms with Crippen LogP contribution < -0.4 is 0 Å². The summed E-state index contributed by atoms with van der Waals surface area (Å²) in [5, 5.41) is 16.2. The van der Waals surface area contributed by atoms with Gasteiger partial charge in [-0.2, -0.15) is 0 Å². The molecule has 0 saturated heterocycles. The van der Waals surface area contributed by atoms with Crippen LogP contribution >= 0.6 is 34.9 Å². The van der Waals surface area contributed by atoms with E-state index in [-0.39, 0.29) is 6.61 Å². The molecule has 0 fully saturated rings. The molecule has 61 valence electrons. The first-order valence-electron chi connectivity index (χ1n) is 2.86. The van der Waals surface area contributed by atoms with Crippen LogP contribution in [-0.2, 0) is 0 Å². The molecule has 0 saturated carbocycles. The molecule has 0 unspecified atom stereocenters. The largest absolute Gasteiger partial charge is 0.396 e. The molecule has 1 heterocycles. The van der Waals surface area contributed by atoms with Gasteiger partial charge in [0.15, 0.2) is 8.68 Å². The Balaban J connectivity index is 2.44. The molecule has 0 aliphatic carbocycles. The molecule has 0 bridgehead atoms. The third-order valence-corrected chi connectivity index (χ3v) is 3.59. The van der Waals surface area contributed by atoms with Gasteiger partial charge in [-0.1, -0.05) is 34.9 Å². The highest BCUT2D eigenvalue weighted by molar-refractivity contribution is 8.03. The fourth-order valence-corrected chi connectivity index (χ4v) is 2.58. The molecule has 3 nitrogen and oxygen atoms in total. The number of nitrogens with zero attached hydrogens (tertiary/aromatic N) is 2. The van der Waals surface area contributed by atoms with Gasteiger partial charge in [0.05, 0.1) is 6.61 Å². The first-order valence-corrected chi connectivity index (χ1v) is 5.64. The van der Waals surface area contributed by atoms with Crippen LogP contribution in [0.15, 0.2) is 8.68 Å². The van der Waals surface area contributed by atoms with Crippen LogP contribution in [-0.4, -0.2) is 27.7 Å². The van der Waals surface area contributed by atoms with E-state index in [1.54, 1.807) is 0 Å². The van der Waals surface area contributed by atoms with Gasteiger partial charge in [0.2, 0.25) is 0 Å². The van der Waals surface area contributed by atoms with Crippen molar-refractivity contribution >= 4 is 34.9 Å². The number of aliphatic hydroxyl groups is 1. The lowest BCUT2D eigenvalue weighted by Crippen LogP contribution is -1.84. The summed E-state index contributed by atoms with van der Waals surface area (Å²) < 4.78 is 1.76. The third-order valence-electron chi connectivity index (χ3n) is 0.828. The zero-order valence-corrected chi connectivity index (χ0v) is 8.14. The predicted molar refractivity (Wildman–Crippen MR) is 48.9 cm³/mol. The summed E-state index contributed by atoms with van der Waals surface area (Å²) in [6.07, 6.45) is 3.62. The van der Waals surface area contributed by atoms with E-state index in [0.717, 1.165) is 8.68 Å². The second-order valence-electron chi connectivity index (χ2n) is 1.55. The minimum Gasteiger partial charge on any atom is -0.396 e. The summed E-state index contributed by atoms with van der Waals surface area (Å²) >= 11 is 4.36. The third kappa shape index (κ3) is 2.98. The highest BCUT2D eigenvalue weighted by atomic mass is 32.2. The van der Waals surface area contributed by atoms with E-state index in [9.17, 15) is 0 Å². The van der Waals surface area contributed by atoms with Crippen molar-refractivity contribution < 1.29 is 5.11 Å². The van der Waals surface area contributed by atoms with Crippen LogP contribution in [0.2, 0.25) is 0 Å². The number of aromatic nitrogens is 2. The van der Waals surface area contributed by atoms with Crippen molar-refractivity contribution in [3.05, 3.63) is 6.26 Å². The van der Waals surface area contributed by atoms with E-state index in [2.05, 4.69) is 16.5 Å². The van der Waals surface area contributed by atoms with Gasteiger partial charge >= 0.3 is 0 Å². The summed E-state index contributed by atoms with van der Waals surface area (Å²) in [6, 6.07) is 0. The number of thioether (sulfide) groups is 2. The quantitative estimate of drug-likeness (QED) is 0.758. The second-order valence-corrected chi connectivity index (χ2v) is 4.80. The van der Waals surface area contributed by atoms with E-state index < -0.39 is 0 Å². The first-order chi connectivity index (χ1) is 5.36. The van der Waals surface area contributed by atoms with Crippen LogP contribution in [0.5, 0.6) is 0 Å². The van der Waals surface area contributed by atoms with E-state index in [0.29, 0.717) is 5.75 Å². The van der Waals surface area contributed by atoms with Crippen molar-refractivity contribution in [2.75, 3.05) is 12.4 Å². The van der Waals surface area contributed by atoms with Crippen molar-refractivity contribution in [2.24, 2.45) is 0 Å². The predicted octanol–water partition coefficient (Wildman–Crippen LogP) is 1.51. The van der Waals surface area contributed by atoms with E-state index >= 15 is 0 Å². The van der Waals surface area contributed by atoms with E-state index in [1.165, 1.54) is 34.9 Å². The topological polar surface area (TPSA) is 46.0 Å². The summed E-state index contributed by atoms with van der Waals surface area (Å²) in [5.41, 5.74) is 0.